The smallest absolute Gasteiger partial charge is 0.204 e. The van der Waals surface area contributed by atoms with Gasteiger partial charge in [0.05, 0.1) is 23.0 Å². The van der Waals surface area contributed by atoms with E-state index in [4.69, 9.17) is 4.74 Å². The lowest BCUT2D eigenvalue weighted by Gasteiger charge is -2.08. The Kier molecular flexibility index (Phi) is 5.85. The summed E-state index contributed by atoms with van der Waals surface area (Å²) in [4.78, 5) is 4.57. The number of aromatic nitrogens is 2. The Balaban J connectivity index is 1.25. The van der Waals surface area contributed by atoms with Crippen LogP contribution in [-0.2, 0) is 6.54 Å². The van der Waals surface area contributed by atoms with Crippen molar-refractivity contribution in [2.45, 2.75) is 19.9 Å². The molecule has 0 aliphatic carbocycles. The third-order valence-electron chi connectivity index (χ3n) is 5.31. The fourth-order valence-corrected chi connectivity index (χ4v) is 4.52. The van der Waals surface area contributed by atoms with Gasteiger partial charge in [-0.1, -0.05) is 59.4 Å². The molecule has 1 N–H and O–H groups in total. The molecule has 0 bridgehead atoms. The minimum Gasteiger partial charge on any atom is -0.494 e. The molecule has 0 saturated carbocycles. The van der Waals surface area contributed by atoms with Gasteiger partial charge in [-0.25, -0.2) is 4.98 Å². The Hall–Kier alpha value is -3.64. The summed E-state index contributed by atoms with van der Waals surface area (Å²) in [6.07, 6.45) is 4.95. The number of thiazole rings is 1. The van der Waals surface area contributed by atoms with E-state index in [9.17, 15) is 0 Å². The van der Waals surface area contributed by atoms with Crippen LogP contribution in [0.4, 0.5) is 5.13 Å². The van der Waals surface area contributed by atoms with Gasteiger partial charge in [0.15, 0.2) is 0 Å². The van der Waals surface area contributed by atoms with E-state index in [2.05, 4.69) is 75.7 Å². The summed E-state index contributed by atoms with van der Waals surface area (Å²) in [6, 6.07) is 24.7. The molecule has 2 aromatic heterocycles. The highest BCUT2D eigenvalue weighted by molar-refractivity contribution is 7.22. The summed E-state index contributed by atoms with van der Waals surface area (Å²) < 4.78 is 9.30. The second-order valence-corrected chi connectivity index (χ2v) is 8.70. The Bertz CT molecular complexity index is 1330. The Morgan fingerprint density at radius 2 is 1.84 bits per heavy atom. The first kappa shape index (κ1) is 20.3. The Morgan fingerprint density at radius 1 is 1.03 bits per heavy atom. The van der Waals surface area contributed by atoms with Crippen LogP contribution in [0.1, 0.15) is 17.5 Å². The Morgan fingerprint density at radius 3 is 2.72 bits per heavy atom. The first-order valence-electron chi connectivity index (χ1n) is 10.7. The van der Waals surface area contributed by atoms with Crippen molar-refractivity contribution in [2.24, 2.45) is 5.10 Å². The predicted molar refractivity (Wildman–Crippen MR) is 134 cm³/mol. The summed E-state index contributed by atoms with van der Waals surface area (Å²) in [6.45, 7) is 3.64. The molecule has 0 aliphatic heterocycles. The number of para-hydroxylation sites is 2. The van der Waals surface area contributed by atoms with Crippen LogP contribution < -0.4 is 10.2 Å². The van der Waals surface area contributed by atoms with Crippen molar-refractivity contribution in [1.29, 1.82) is 0 Å². The van der Waals surface area contributed by atoms with Gasteiger partial charge < -0.3 is 9.30 Å². The zero-order valence-corrected chi connectivity index (χ0v) is 18.7. The van der Waals surface area contributed by atoms with Crippen LogP contribution in [0, 0.1) is 6.92 Å². The van der Waals surface area contributed by atoms with Crippen molar-refractivity contribution in [3.05, 3.63) is 90.1 Å². The zero-order chi connectivity index (χ0) is 21.8. The van der Waals surface area contributed by atoms with Crippen molar-refractivity contribution < 1.29 is 4.74 Å². The van der Waals surface area contributed by atoms with E-state index in [1.54, 1.807) is 11.3 Å². The minimum atomic E-state index is 0.679. The number of anilines is 1. The van der Waals surface area contributed by atoms with Crippen molar-refractivity contribution in [1.82, 2.24) is 9.55 Å². The number of ether oxygens (including phenoxy) is 1. The molecule has 0 radical (unpaired) electrons. The maximum atomic E-state index is 5.88. The SMILES string of the molecule is Cc1ccc(OCCCn2cc(C=NNc3nc4ccccc4s3)c3ccccc32)cc1. The van der Waals surface area contributed by atoms with Crippen LogP contribution in [-0.4, -0.2) is 22.4 Å². The molecule has 0 spiro atoms. The molecule has 5 rings (SSSR count). The number of hydrogen-bond acceptors (Lipinski definition) is 5. The average Bonchev–Trinajstić information content (AvgIpc) is 3.39. The lowest BCUT2D eigenvalue weighted by Crippen LogP contribution is -2.03. The van der Waals surface area contributed by atoms with Crippen LogP contribution in [0.25, 0.3) is 21.1 Å². The normalized spacial score (nSPS) is 11.5. The number of hydrazone groups is 1. The number of nitrogens with one attached hydrogen (secondary N) is 1. The molecule has 0 saturated heterocycles. The third kappa shape index (κ3) is 4.50. The first-order valence-corrected chi connectivity index (χ1v) is 11.5. The van der Waals surface area contributed by atoms with Gasteiger partial charge in [-0.3, -0.25) is 5.43 Å². The van der Waals surface area contributed by atoms with Gasteiger partial charge in [0.25, 0.3) is 0 Å². The number of nitrogens with zero attached hydrogens (tertiary/aromatic N) is 3. The molecular formula is C26H24N4OS. The van der Waals surface area contributed by atoms with Gasteiger partial charge in [-0.05, 0) is 43.7 Å². The van der Waals surface area contributed by atoms with Crippen LogP contribution in [0.3, 0.4) is 0 Å². The molecule has 3 aromatic carbocycles. The first-order chi connectivity index (χ1) is 15.8. The van der Waals surface area contributed by atoms with E-state index in [1.165, 1.54) is 16.5 Å². The molecule has 0 fully saturated rings. The van der Waals surface area contributed by atoms with Gasteiger partial charge in [-0.2, -0.15) is 5.10 Å². The zero-order valence-electron chi connectivity index (χ0n) is 17.9. The topological polar surface area (TPSA) is 51.4 Å². The predicted octanol–water partition coefficient (Wildman–Crippen LogP) is 6.47. The second kappa shape index (κ2) is 9.24. The van der Waals surface area contributed by atoms with Crippen LogP contribution in [0.2, 0.25) is 0 Å². The van der Waals surface area contributed by atoms with Gasteiger partial charge >= 0.3 is 0 Å². The van der Waals surface area contributed by atoms with E-state index >= 15 is 0 Å². The quantitative estimate of drug-likeness (QED) is 0.171. The summed E-state index contributed by atoms with van der Waals surface area (Å²) in [5, 5.41) is 6.42. The van der Waals surface area contributed by atoms with E-state index in [-0.39, 0.29) is 0 Å². The van der Waals surface area contributed by atoms with Crippen LogP contribution in [0.15, 0.2) is 84.1 Å². The number of fused-ring (bicyclic) bond motifs is 2. The van der Waals surface area contributed by atoms with E-state index in [0.717, 1.165) is 39.6 Å². The molecule has 0 amide bonds. The van der Waals surface area contributed by atoms with Crippen LogP contribution in [0.5, 0.6) is 5.75 Å². The lowest BCUT2D eigenvalue weighted by molar-refractivity contribution is 0.302. The maximum Gasteiger partial charge on any atom is 0.204 e. The Labute approximate surface area is 191 Å². The molecule has 5 aromatic rings. The molecule has 0 atom stereocenters. The monoisotopic (exact) mass is 440 g/mol. The summed E-state index contributed by atoms with van der Waals surface area (Å²) in [5.74, 6) is 0.918. The molecule has 32 heavy (non-hydrogen) atoms. The van der Waals surface area contributed by atoms with Crippen molar-refractivity contribution in [3.63, 3.8) is 0 Å². The van der Waals surface area contributed by atoms with Crippen LogP contribution >= 0.6 is 11.3 Å². The number of rotatable bonds is 8. The van der Waals surface area contributed by atoms with Gasteiger partial charge in [0, 0.05) is 29.2 Å². The molecule has 0 unspecified atom stereocenters. The fraction of sp³-hybridized carbons (Fsp3) is 0.154. The maximum absolute atomic E-state index is 5.88. The van der Waals surface area contributed by atoms with Crippen molar-refractivity contribution >= 4 is 43.8 Å². The highest BCUT2D eigenvalue weighted by Gasteiger charge is 2.07. The van der Waals surface area contributed by atoms with Gasteiger partial charge in [0.1, 0.15) is 5.75 Å². The molecule has 6 heteroatoms. The summed E-state index contributed by atoms with van der Waals surface area (Å²) in [5.41, 5.74) is 7.58. The number of benzene rings is 3. The summed E-state index contributed by atoms with van der Waals surface area (Å²) in [7, 11) is 0. The molecule has 0 aliphatic rings. The van der Waals surface area contributed by atoms with Crippen molar-refractivity contribution in [3.8, 4) is 5.75 Å². The van der Waals surface area contributed by atoms with Gasteiger partial charge in [-0.15, -0.1) is 0 Å². The molecule has 5 nitrogen and oxygen atoms in total. The van der Waals surface area contributed by atoms with Gasteiger partial charge in [0.2, 0.25) is 5.13 Å². The number of aryl methyl sites for hydroxylation is 2. The average molecular weight is 441 g/mol. The largest absolute Gasteiger partial charge is 0.494 e. The van der Waals surface area contributed by atoms with Crippen molar-refractivity contribution in [2.75, 3.05) is 12.0 Å². The van der Waals surface area contributed by atoms with E-state index < -0.39 is 0 Å². The highest BCUT2D eigenvalue weighted by Crippen LogP contribution is 2.25. The highest BCUT2D eigenvalue weighted by atomic mass is 32.1. The fourth-order valence-electron chi connectivity index (χ4n) is 3.70. The second-order valence-electron chi connectivity index (χ2n) is 7.67. The van der Waals surface area contributed by atoms with E-state index in [0.29, 0.717) is 6.61 Å². The minimum absolute atomic E-state index is 0.679. The lowest BCUT2D eigenvalue weighted by atomic mass is 10.2. The van der Waals surface area contributed by atoms with E-state index in [1.807, 2.05) is 36.5 Å². The standard InChI is InChI=1S/C26H24N4OS/c1-19-11-13-21(14-12-19)31-16-6-15-30-18-20(22-7-2-4-9-24(22)30)17-27-29-26-28-23-8-3-5-10-25(23)32-26/h2-5,7-14,17-18H,6,15-16H2,1H3,(H,28,29). The third-order valence-corrected chi connectivity index (χ3v) is 6.25. The number of hydrogen-bond donors (Lipinski definition) is 1. The summed E-state index contributed by atoms with van der Waals surface area (Å²) >= 11 is 1.60. The molecular weight excluding hydrogens is 416 g/mol. The molecule has 160 valence electrons. The molecule has 2 heterocycles.